The maximum absolute atomic E-state index is 12.0. The molecule has 0 saturated heterocycles. The molecule has 1 amide bonds. The molecule has 0 aliphatic heterocycles. The Bertz CT molecular complexity index is 461. The molecule has 0 radical (unpaired) electrons. The second-order valence-electron chi connectivity index (χ2n) is 5.29. The van der Waals surface area contributed by atoms with Crippen LogP contribution in [0.15, 0.2) is 18.2 Å². The number of benzene rings is 1. The molecule has 4 heteroatoms. The number of carbonyl (C=O) groups excluding carboxylic acids is 1. The highest BCUT2D eigenvalue weighted by Gasteiger charge is 2.23. The normalized spacial score (nSPS) is 23.1. The predicted molar refractivity (Wildman–Crippen MR) is 79.9 cm³/mol. The zero-order valence-corrected chi connectivity index (χ0v) is 12.7. The lowest BCUT2D eigenvalue weighted by atomic mass is 9.89. The van der Waals surface area contributed by atoms with Crippen LogP contribution < -0.4 is 5.32 Å². The fourth-order valence-corrected chi connectivity index (χ4v) is 3.32. The molecule has 1 aromatic rings. The smallest absolute Gasteiger partial charge is 0.255 e. The van der Waals surface area contributed by atoms with E-state index < -0.39 is 0 Å². The Balaban J connectivity index is 1.93. The first kappa shape index (κ1) is 14.4. The fraction of sp³-hybridized carbons (Fsp3) is 0.533. The number of carbonyl (C=O) groups is 1. The van der Waals surface area contributed by atoms with Gasteiger partial charge in [-0.15, -0.1) is 0 Å². The van der Waals surface area contributed by atoms with Crippen molar-refractivity contribution in [1.82, 2.24) is 5.32 Å². The number of aromatic hydroxyl groups is 1. The maximum Gasteiger partial charge on any atom is 0.255 e. The van der Waals surface area contributed by atoms with E-state index >= 15 is 0 Å². The van der Waals surface area contributed by atoms with Crippen LogP contribution in [0.4, 0.5) is 0 Å². The Kier molecular flexibility index (Phi) is 4.86. The van der Waals surface area contributed by atoms with Crippen molar-refractivity contribution in [2.24, 2.45) is 5.92 Å². The number of halogens is 1. The van der Waals surface area contributed by atoms with Gasteiger partial charge in [0.1, 0.15) is 5.75 Å². The van der Waals surface area contributed by atoms with Gasteiger partial charge in [0.25, 0.3) is 5.91 Å². The molecule has 3 nitrogen and oxygen atoms in total. The minimum Gasteiger partial charge on any atom is -0.507 e. The molecule has 1 saturated carbocycles. The number of rotatable bonds is 3. The molecular weight excluding hydrogens is 306 g/mol. The van der Waals surface area contributed by atoms with Crippen molar-refractivity contribution >= 4 is 21.8 Å². The van der Waals surface area contributed by atoms with Crippen LogP contribution >= 0.6 is 15.9 Å². The summed E-state index contributed by atoms with van der Waals surface area (Å²) in [5.41, 5.74) is 1.30. The minimum absolute atomic E-state index is 0.0523. The molecule has 0 heterocycles. The number of aryl methyl sites for hydroxylation is 1. The molecule has 104 valence electrons. The van der Waals surface area contributed by atoms with Gasteiger partial charge in [0.05, 0.1) is 5.56 Å². The largest absolute Gasteiger partial charge is 0.507 e. The average Bonchev–Trinajstić information content (AvgIpc) is 2.37. The Morgan fingerprint density at radius 3 is 2.84 bits per heavy atom. The predicted octanol–water partition coefficient (Wildman–Crippen LogP) is 3.38. The van der Waals surface area contributed by atoms with Crippen LogP contribution in [0.3, 0.4) is 0 Å². The summed E-state index contributed by atoms with van der Waals surface area (Å²) in [6.07, 6.45) is 4.82. The molecule has 0 aromatic heterocycles. The lowest BCUT2D eigenvalue weighted by Crippen LogP contribution is -2.34. The molecular formula is C15H20BrNO2. The zero-order valence-electron chi connectivity index (χ0n) is 11.2. The number of phenolic OH excluding ortho intramolecular Hbond substituents is 1. The van der Waals surface area contributed by atoms with Gasteiger partial charge in [-0.3, -0.25) is 4.79 Å². The van der Waals surface area contributed by atoms with E-state index in [2.05, 4.69) is 21.2 Å². The van der Waals surface area contributed by atoms with Gasteiger partial charge >= 0.3 is 0 Å². The van der Waals surface area contributed by atoms with Gasteiger partial charge in [0.2, 0.25) is 0 Å². The van der Waals surface area contributed by atoms with E-state index in [0.717, 1.165) is 12.0 Å². The maximum atomic E-state index is 12.0. The van der Waals surface area contributed by atoms with E-state index in [9.17, 15) is 9.90 Å². The topological polar surface area (TPSA) is 49.3 Å². The second kappa shape index (κ2) is 6.42. The van der Waals surface area contributed by atoms with Crippen LogP contribution in [0.25, 0.3) is 0 Å². The van der Waals surface area contributed by atoms with Gasteiger partial charge in [-0.05, 0) is 43.4 Å². The van der Waals surface area contributed by atoms with Gasteiger partial charge in [0.15, 0.2) is 0 Å². The third-order valence-electron chi connectivity index (χ3n) is 3.74. The Morgan fingerprint density at radius 1 is 1.42 bits per heavy atom. The van der Waals surface area contributed by atoms with Gasteiger partial charge < -0.3 is 10.4 Å². The first-order valence-corrected chi connectivity index (χ1v) is 7.71. The first-order chi connectivity index (χ1) is 9.08. The van der Waals surface area contributed by atoms with Crippen molar-refractivity contribution in [1.29, 1.82) is 0 Å². The monoisotopic (exact) mass is 325 g/mol. The lowest BCUT2D eigenvalue weighted by Gasteiger charge is -2.27. The number of alkyl halides is 1. The summed E-state index contributed by atoms with van der Waals surface area (Å²) in [4.78, 5) is 12.5. The van der Waals surface area contributed by atoms with E-state index in [-0.39, 0.29) is 11.7 Å². The van der Waals surface area contributed by atoms with Crippen molar-refractivity contribution in [3.63, 3.8) is 0 Å². The van der Waals surface area contributed by atoms with Crippen molar-refractivity contribution in [2.45, 2.75) is 37.4 Å². The Morgan fingerprint density at radius 2 is 2.16 bits per heavy atom. The summed E-state index contributed by atoms with van der Waals surface area (Å²) in [7, 11) is 0. The van der Waals surface area contributed by atoms with Crippen LogP contribution in [0.1, 0.15) is 41.6 Å². The molecule has 1 fully saturated rings. The third-order valence-corrected chi connectivity index (χ3v) is 4.94. The van der Waals surface area contributed by atoms with Crippen molar-refractivity contribution in [3.05, 3.63) is 29.3 Å². The molecule has 0 bridgehead atoms. The molecule has 2 rings (SSSR count). The number of phenols is 1. The van der Waals surface area contributed by atoms with E-state index in [1.165, 1.54) is 19.3 Å². The van der Waals surface area contributed by atoms with Gasteiger partial charge in [-0.2, -0.15) is 0 Å². The number of amides is 1. The first-order valence-electron chi connectivity index (χ1n) is 6.80. The number of nitrogens with one attached hydrogen (secondary N) is 1. The highest BCUT2D eigenvalue weighted by Crippen LogP contribution is 2.29. The molecule has 0 spiro atoms. The SMILES string of the molecule is Cc1ccc(C(=O)NCC2CCCCC2Br)c(O)c1. The zero-order chi connectivity index (χ0) is 13.8. The summed E-state index contributed by atoms with van der Waals surface area (Å²) in [5.74, 6) is 0.351. The molecule has 19 heavy (non-hydrogen) atoms. The fourth-order valence-electron chi connectivity index (χ4n) is 2.55. The average molecular weight is 326 g/mol. The van der Waals surface area contributed by atoms with Crippen LogP contribution in [0, 0.1) is 12.8 Å². The van der Waals surface area contributed by atoms with E-state index in [1.54, 1.807) is 12.1 Å². The van der Waals surface area contributed by atoms with Crippen LogP contribution in [-0.2, 0) is 0 Å². The minimum atomic E-state index is -0.192. The molecule has 1 aromatic carbocycles. The highest BCUT2D eigenvalue weighted by molar-refractivity contribution is 9.09. The summed E-state index contributed by atoms with van der Waals surface area (Å²) in [6, 6.07) is 5.12. The molecule has 1 aliphatic rings. The van der Waals surface area contributed by atoms with Crippen molar-refractivity contribution < 1.29 is 9.90 Å². The molecule has 1 aliphatic carbocycles. The van der Waals surface area contributed by atoms with E-state index in [1.807, 2.05) is 13.0 Å². The summed E-state index contributed by atoms with van der Waals surface area (Å²) < 4.78 is 0. The quantitative estimate of drug-likeness (QED) is 0.837. The van der Waals surface area contributed by atoms with Gasteiger partial charge in [0, 0.05) is 11.4 Å². The highest BCUT2D eigenvalue weighted by atomic mass is 79.9. The lowest BCUT2D eigenvalue weighted by molar-refractivity contribution is 0.0942. The van der Waals surface area contributed by atoms with Gasteiger partial charge in [-0.25, -0.2) is 0 Å². The summed E-state index contributed by atoms with van der Waals surface area (Å²) in [5, 5.41) is 12.7. The molecule has 2 unspecified atom stereocenters. The Labute approximate surface area is 122 Å². The van der Waals surface area contributed by atoms with Crippen LogP contribution in [0.5, 0.6) is 5.75 Å². The molecule has 2 atom stereocenters. The van der Waals surface area contributed by atoms with E-state index in [0.29, 0.717) is 22.9 Å². The summed E-state index contributed by atoms with van der Waals surface area (Å²) >= 11 is 3.68. The van der Waals surface area contributed by atoms with E-state index in [4.69, 9.17) is 0 Å². The summed E-state index contributed by atoms with van der Waals surface area (Å²) in [6.45, 7) is 2.56. The van der Waals surface area contributed by atoms with Crippen LogP contribution in [0.2, 0.25) is 0 Å². The Hall–Kier alpha value is -1.03. The number of hydrogen-bond donors (Lipinski definition) is 2. The second-order valence-corrected chi connectivity index (χ2v) is 6.47. The molecule has 2 N–H and O–H groups in total. The van der Waals surface area contributed by atoms with Gasteiger partial charge in [-0.1, -0.05) is 34.8 Å². The van der Waals surface area contributed by atoms with Crippen molar-refractivity contribution in [3.8, 4) is 5.75 Å². The van der Waals surface area contributed by atoms with Crippen molar-refractivity contribution in [2.75, 3.05) is 6.54 Å². The number of hydrogen-bond acceptors (Lipinski definition) is 2. The third kappa shape index (κ3) is 3.72. The standard InChI is InChI=1S/C15H20BrNO2/c1-10-6-7-12(14(18)8-10)15(19)17-9-11-4-2-3-5-13(11)16/h6-8,11,13,18H,2-5,9H2,1H3,(H,17,19). The van der Waals surface area contributed by atoms with Crippen LogP contribution in [-0.4, -0.2) is 22.4 Å².